The van der Waals surface area contributed by atoms with Crippen molar-refractivity contribution in [1.29, 1.82) is 5.26 Å². The maximum absolute atomic E-state index is 12.0. The van der Waals surface area contributed by atoms with Crippen molar-refractivity contribution < 1.29 is 4.79 Å². The topological polar surface area (TPSA) is 74.0 Å². The SMILES string of the molecule is CN1CCC2(CC1)CC(=O)Nc1c(C#N)c(Br)nn12. The summed E-state index contributed by atoms with van der Waals surface area (Å²) in [5.74, 6) is 0.510. The van der Waals surface area contributed by atoms with E-state index in [9.17, 15) is 10.1 Å². The maximum atomic E-state index is 12.0. The molecule has 100 valence electrons. The fourth-order valence-corrected chi connectivity index (χ4v) is 3.36. The normalized spacial score (nSPS) is 21.8. The summed E-state index contributed by atoms with van der Waals surface area (Å²) in [6.45, 7) is 1.87. The second kappa shape index (κ2) is 4.32. The van der Waals surface area contributed by atoms with Gasteiger partial charge in [0, 0.05) is 13.1 Å². The molecule has 0 radical (unpaired) electrons. The van der Waals surface area contributed by atoms with Gasteiger partial charge in [-0.3, -0.25) is 4.79 Å². The van der Waals surface area contributed by atoms with Crippen LogP contribution in [0.1, 0.15) is 24.8 Å². The van der Waals surface area contributed by atoms with Gasteiger partial charge < -0.3 is 10.2 Å². The molecule has 2 aliphatic heterocycles. The highest BCUT2D eigenvalue weighted by Gasteiger charge is 2.44. The number of carbonyl (C=O) groups is 1. The zero-order valence-corrected chi connectivity index (χ0v) is 12.2. The van der Waals surface area contributed by atoms with E-state index in [1.165, 1.54) is 0 Å². The molecule has 3 heterocycles. The Morgan fingerprint density at radius 1 is 1.47 bits per heavy atom. The van der Waals surface area contributed by atoms with Gasteiger partial charge in [0.2, 0.25) is 5.91 Å². The fraction of sp³-hybridized carbons (Fsp3) is 0.583. The largest absolute Gasteiger partial charge is 0.310 e. The number of nitrogens with one attached hydrogen (secondary N) is 1. The van der Waals surface area contributed by atoms with Crippen LogP contribution in [0.3, 0.4) is 0 Å². The summed E-state index contributed by atoms with van der Waals surface area (Å²) in [5, 5.41) is 16.4. The molecule has 0 aromatic carbocycles. The molecule has 0 aliphatic carbocycles. The lowest BCUT2D eigenvalue weighted by molar-refractivity contribution is -0.120. The van der Waals surface area contributed by atoms with Crippen molar-refractivity contribution in [1.82, 2.24) is 14.7 Å². The first-order valence-corrected chi connectivity index (χ1v) is 7.02. The minimum atomic E-state index is -0.276. The second-order valence-corrected chi connectivity index (χ2v) is 6.04. The monoisotopic (exact) mass is 323 g/mol. The van der Waals surface area contributed by atoms with E-state index in [1.54, 1.807) is 0 Å². The number of halogens is 1. The molecule has 7 heteroatoms. The highest BCUT2D eigenvalue weighted by Crippen LogP contribution is 2.41. The second-order valence-electron chi connectivity index (χ2n) is 5.29. The number of piperidine rings is 1. The Kier molecular flexibility index (Phi) is 2.87. The van der Waals surface area contributed by atoms with E-state index >= 15 is 0 Å². The summed E-state index contributed by atoms with van der Waals surface area (Å²) in [6, 6.07) is 2.10. The molecule has 0 unspecified atom stereocenters. The number of aromatic nitrogens is 2. The Morgan fingerprint density at radius 3 is 2.79 bits per heavy atom. The Morgan fingerprint density at radius 2 is 2.16 bits per heavy atom. The molecule has 0 saturated carbocycles. The number of nitriles is 1. The van der Waals surface area contributed by atoms with Gasteiger partial charge in [0.1, 0.15) is 16.2 Å². The highest BCUT2D eigenvalue weighted by atomic mass is 79.9. The van der Waals surface area contributed by atoms with Crippen LogP contribution < -0.4 is 5.32 Å². The van der Waals surface area contributed by atoms with Crippen LogP contribution in [0.2, 0.25) is 0 Å². The van der Waals surface area contributed by atoms with E-state index in [-0.39, 0.29) is 11.4 Å². The average molecular weight is 324 g/mol. The number of amides is 1. The lowest BCUT2D eigenvalue weighted by Gasteiger charge is -2.43. The van der Waals surface area contributed by atoms with Crippen molar-refractivity contribution in [2.45, 2.75) is 24.8 Å². The van der Waals surface area contributed by atoms with Crippen LogP contribution in [0, 0.1) is 11.3 Å². The zero-order chi connectivity index (χ0) is 13.6. The molecule has 1 amide bonds. The minimum absolute atomic E-state index is 0.0269. The third kappa shape index (κ3) is 1.86. The molecule has 3 rings (SSSR count). The molecule has 1 aromatic heterocycles. The van der Waals surface area contributed by atoms with Crippen molar-refractivity contribution in [2.24, 2.45) is 0 Å². The molecule has 1 aromatic rings. The van der Waals surface area contributed by atoms with Crippen molar-refractivity contribution in [2.75, 3.05) is 25.5 Å². The van der Waals surface area contributed by atoms with Crippen molar-refractivity contribution in [3.63, 3.8) is 0 Å². The standard InChI is InChI=1S/C12H14BrN5O/c1-17-4-2-12(3-5-17)6-9(19)15-11-8(7-14)10(13)16-18(11)12/h2-6H2,1H3,(H,15,19). The third-order valence-corrected chi connectivity index (χ3v) is 4.62. The lowest BCUT2D eigenvalue weighted by Crippen LogP contribution is -2.50. The Labute approximate surface area is 119 Å². The van der Waals surface area contributed by atoms with Gasteiger partial charge in [-0.25, -0.2) is 4.68 Å². The fourth-order valence-electron chi connectivity index (χ4n) is 2.92. The van der Waals surface area contributed by atoms with Gasteiger partial charge in [0.25, 0.3) is 0 Å². The van der Waals surface area contributed by atoms with Crippen molar-refractivity contribution in [3.8, 4) is 6.07 Å². The summed E-state index contributed by atoms with van der Waals surface area (Å²) >= 11 is 3.30. The van der Waals surface area contributed by atoms with E-state index in [2.05, 4.69) is 44.4 Å². The summed E-state index contributed by atoms with van der Waals surface area (Å²) < 4.78 is 2.36. The first kappa shape index (κ1) is 12.6. The Bertz CT molecular complexity index is 580. The first-order chi connectivity index (χ1) is 9.05. The Hall–Kier alpha value is -1.39. The molecule has 0 bridgehead atoms. The molecular weight excluding hydrogens is 310 g/mol. The zero-order valence-electron chi connectivity index (χ0n) is 10.6. The summed E-state index contributed by atoms with van der Waals surface area (Å²) in [6.07, 6.45) is 2.19. The molecule has 0 atom stereocenters. The smallest absolute Gasteiger partial charge is 0.228 e. The number of fused-ring (bicyclic) bond motifs is 2. The molecule has 1 spiro atoms. The minimum Gasteiger partial charge on any atom is -0.310 e. The quantitative estimate of drug-likeness (QED) is 0.780. The Balaban J connectivity index is 2.11. The van der Waals surface area contributed by atoms with E-state index in [0.717, 1.165) is 25.9 Å². The maximum Gasteiger partial charge on any atom is 0.228 e. The first-order valence-electron chi connectivity index (χ1n) is 6.23. The van der Waals surface area contributed by atoms with Gasteiger partial charge in [-0.2, -0.15) is 10.4 Å². The van der Waals surface area contributed by atoms with Crippen LogP contribution in [0.5, 0.6) is 0 Å². The molecule has 1 saturated heterocycles. The summed E-state index contributed by atoms with van der Waals surface area (Å²) in [4.78, 5) is 14.2. The van der Waals surface area contributed by atoms with Gasteiger partial charge in [-0.15, -0.1) is 0 Å². The number of hydrogen-bond donors (Lipinski definition) is 1. The van der Waals surface area contributed by atoms with Gasteiger partial charge in [0.15, 0.2) is 5.82 Å². The lowest BCUT2D eigenvalue weighted by atomic mass is 9.83. The molecular formula is C12H14BrN5O. The van der Waals surface area contributed by atoms with Crippen LogP contribution in [0.4, 0.5) is 5.82 Å². The van der Waals surface area contributed by atoms with Crippen molar-refractivity contribution >= 4 is 27.7 Å². The average Bonchev–Trinajstić information content (AvgIpc) is 2.69. The van der Waals surface area contributed by atoms with Crippen LogP contribution >= 0.6 is 15.9 Å². The van der Waals surface area contributed by atoms with E-state index < -0.39 is 0 Å². The number of nitrogens with zero attached hydrogens (tertiary/aromatic N) is 4. The predicted molar refractivity (Wildman–Crippen MR) is 72.6 cm³/mol. The molecule has 1 fully saturated rings. The molecule has 6 nitrogen and oxygen atoms in total. The van der Waals surface area contributed by atoms with Crippen LogP contribution in [0.15, 0.2) is 4.60 Å². The molecule has 2 aliphatic rings. The number of anilines is 1. The van der Waals surface area contributed by atoms with Gasteiger partial charge in [0.05, 0.1) is 12.0 Å². The third-order valence-electron chi connectivity index (χ3n) is 4.07. The number of carbonyl (C=O) groups excluding carboxylic acids is 1. The summed E-state index contributed by atoms with van der Waals surface area (Å²) in [7, 11) is 2.08. The molecule has 19 heavy (non-hydrogen) atoms. The predicted octanol–water partition coefficient (Wildman–Crippen LogP) is 1.28. The number of hydrogen-bond acceptors (Lipinski definition) is 4. The van der Waals surface area contributed by atoms with Gasteiger partial charge >= 0.3 is 0 Å². The summed E-state index contributed by atoms with van der Waals surface area (Å²) in [5.41, 5.74) is 0.133. The highest BCUT2D eigenvalue weighted by molar-refractivity contribution is 9.10. The molecule has 1 N–H and O–H groups in total. The van der Waals surface area contributed by atoms with Crippen molar-refractivity contribution in [3.05, 3.63) is 10.2 Å². The number of rotatable bonds is 0. The van der Waals surface area contributed by atoms with Crippen LogP contribution in [-0.2, 0) is 10.3 Å². The van der Waals surface area contributed by atoms with Gasteiger partial charge in [-0.1, -0.05) is 0 Å². The number of likely N-dealkylation sites (tertiary alicyclic amines) is 1. The van der Waals surface area contributed by atoms with E-state index in [1.807, 2.05) is 4.68 Å². The van der Waals surface area contributed by atoms with E-state index in [0.29, 0.717) is 22.4 Å². The van der Waals surface area contributed by atoms with Crippen LogP contribution in [0.25, 0.3) is 0 Å². The van der Waals surface area contributed by atoms with E-state index in [4.69, 9.17) is 0 Å². The van der Waals surface area contributed by atoms with Crippen LogP contribution in [-0.4, -0.2) is 40.7 Å². The van der Waals surface area contributed by atoms with Gasteiger partial charge in [-0.05, 0) is 35.8 Å².